The van der Waals surface area contributed by atoms with Gasteiger partial charge in [0.05, 0.1) is 25.4 Å². The molecule has 3 amide bonds. The third-order valence-electron chi connectivity index (χ3n) is 10.4. The maximum Gasteiger partial charge on any atom is 0.409 e. The van der Waals surface area contributed by atoms with Gasteiger partial charge in [-0.2, -0.15) is 8.78 Å². The Labute approximate surface area is 384 Å². The standard InChI is InChI=1S/C48H62F4N4O10/c1-7-10-26-62-45(59)54-20-18-53(19-21-55(46(60)63-27-11-8-2)23-25-56(24-22-54)47(61)64-28-12-9-3)41(44(58)66-48(4,5)6)35-29-34(33-16-14-13-15-17-33)30-36(31-35)43(57)65-42-39(51)37(49)32-38(50)40(42)52/h13-17,29-32,41H,7-12,18-28H2,1-6H3. The molecule has 4 rings (SSSR count). The molecule has 0 spiro atoms. The average Bonchev–Trinajstić information content (AvgIpc) is 3.27. The van der Waals surface area contributed by atoms with Gasteiger partial charge >= 0.3 is 30.2 Å². The molecular formula is C48H62F4N4O10. The van der Waals surface area contributed by atoms with Gasteiger partial charge in [0, 0.05) is 58.4 Å². The molecule has 0 aliphatic carbocycles. The van der Waals surface area contributed by atoms with Crippen molar-refractivity contribution in [3.63, 3.8) is 0 Å². The minimum atomic E-state index is -1.93. The van der Waals surface area contributed by atoms with E-state index in [4.69, 9.17) is 23.7 Å². The van der Waals surface area contributed by atoms with Gasteiger partial charge in [0.25, 0.3) is 0 Å². The van der Waals surface area contributed by atoms with Crippen LogP contribution in [0, 0.1) is 23.3 Å². The summed E-state index contributed by atoms with van der Waals surface area (Å²) in [6, 6.07) is 11.4. The van der Waals surface area contributed by atoms with Gasteiger partial charge in [0.2, 0.25) is 17.4 Å². The summed E-state index contributed by atoms with van der Waals surface area (Å²) in [6.45, 7) is 11.0. The maximum absolute atomic E-state index is 14.8. The number of carbonyl (C=O) groups is 5. The van der Waals surface area contributed by atoms with E-state index in [9.17, 15) is 41.5 Å². The van der Waals surface area contributed by atoms with E-state index in [1.54, 1.807) is 62.1 Å². The second kappa shape index (κ2) is 25.7. The third kappa shape index (κ3) is 15.6. The van der Waals surface area contributed by atoms with Crippen LogP contribution in [0.5, 0.6) is 5.75 Å². The van der Waals surface area contributed by atoms with E-state index < -0.39 is 70.9 Å². The van der Waals surface area contributed by atoms with Crippen LogP contribution in [0.3, 0.4) is 0 Å². The lowest BCUT2D eigenvalue weighted by molar-refractivity contribution is -0.162. The highest BCUT2D eigenvalue weighted by atomic mass is 19.2. The number of esters is 2. The average molecular weight is 931 g/mol. The van der Waals surface area contributed by atoms with Crippen LogP contribution in [0.2, 0.25) is 0 Å². The number of amides is 3. The Hall–Kier alpha value is -5.91. The lowest BCUT2D eigenvalue weighted by Gasteiger charge is -2.37. The largest absolute Gasteiger partial charge is 0.459 e. The number of halogens is 4. The predicted molar refractivity (Wildman–Crippen MR) is 237 cm³/mol. The molecule has 1 atom stereocenters. The summed E-state index contributed by atoms with van der Waals surface area (Å²) < 4.78 is 85.8. The number of hydrogen-bond acceptors (Lipinski definition) is 11. The molecule has 18 heteroatoms. The molecule has 0 radical (unpaired) electrons. The van der Waals surface area contributed by atoms with E-state index in [0.717, 1.165) is 19.3 Å². The number of unbranched alkanes of at least 4 members (excludes halogenated alkanes) is 3. The normalized spacial score (nSPS) is 14.7. The summed E-state index contributed by atoms with van der Waals surface area (Å²) in [5.41, 5.74) is -0.421. The topological polar surface area (TPSA) is 144 Å². The molecule has 1 saturated heterocycles. The van der Waals surface area contributed by atoms with E-state index in [0.29, 0.717) is 30.4 Å². The fourth-order valence-corrected chi connectivity index (χ4v) is 6.79. The highest BCUT2D eigenvalue weighted by Crippen LogP contribution is 2.33. The number of nitrogens with zero attached hydrogens (tertiary/aromatic N) is 4. The van der Waals surface area contributed by atoms with Gasteiger partial charge < -0.3 is 38.4 Å². The number of ether oxygens (including phenoxy) is 5. The van der Waals surface area contributed by atoms with Gasteiger partial charge in [0.1, 0.15) is 11.6 Å². The fourth-order valence-electron chi connectivity index (χ4n) is 6.79. The van der Waals surface area contributed by atoms with Crippen molar-refractivity contribution in [2.75, 3.05) is 72.2 Å². The SMILES string of the molecule is CCCCOC(=O)N1CCN(C(=O)OCCCC)CCN(C(C(=O)OC(C)(C)C)c2cc(C(=O)Oc3c(F)c(F)cc(F)c3F)cc(-c3ccccc3)c2)CCN(C(=O)OCCCC)CC1. The molecule has 3 aromatic carbocycles. The number of benzene rings is 3. The maximum atomic E-state index is 14.8. The third-order valence-corrected chi connectivity index (χ3v) is 10.4. The molecule has 0 saturated carbocycles. The molecule has 1 aliphatic rings. The summed E-state index contributed by atoms with van der Waals surface area (Å²) in [7, 11) is 0. The smallest absolute Gasteiger partial charge is 0.409 e. The van der Waals surface area contributed by atoms with E-state index in [2.05, 4.69) is 0 Å². The van der Waals surface area contributed by atoms with E-state index in [1.807, 2.05) is 20.8 Å². The Bertz CT molecular complexity index is 2040. The number of rotatable bonds is 15. The van der Waals surface area contributed by atoms with Gasteiger partial charge in [-0.3, -0.25) is 4.90 Å². The van der Waals surface area contributed by atoms with Gasteiger partial charge in [-0.05, 0) is 74.9 Å². The van der Waals surface area contributed by atoms with Crippen molar-refractivity contribution in [2.45, 2.75) is 91.7 Å². The second-order valence-corrected chi connectivity index (χ2v) is 16.7. The summed E-state index contributed by atoms with van der Waals surface area (Å²) in [4.78, 5) is 75.2. The molecule has 66 heavy (non-hydrogen) atoms. The van der Waals surface area contributed by atoms with Crippen molar-refractivity contribution >= 4 is 30.2 Å². The molecule has 1 unspecified atom stereocenters. The van der Waals surface area contributed by atoms with Crippen molar-refractivity contribution < 1.29 is 65.2 Å². The molecule has 3 aromatic rings. The van der Waals surface area contributed by atoms with E-state index in [-0.39, 0.29) is 89.4 Å². The molecule has 1 fully saturated rings. The predicted octanol–water partition coefficient (Wildman–Crippen LogP) is 9.54. The molecule has 0 bridgehead atoms. The minimum Gasteiger partial charge on any atom is -0.459 e. The van der Waals surface area contributed by atoms with E-state index >= 15 is 0 Å². The lowest BCUT2D eigenvalue weighted by atomic mass is 9.95. The van der Waals surface area contributed by atoms with Crippen LogP contribution < -0.4 is 4.74 Å². The van der Waals surface area contributed by atoms with Crippen molar-refractivity contribution in [2.24, 2.45) is 0 Å². The first-order valence-electron chi connectivity index (χ1n) is 22.4. The van der Waals surface area contributed by atoms with Crippen LogP contribution in [0.15, 0.2) is 54.6 Å². The van der Waals surface area contributed by atoms with Crippen molar-refractivity contribution in [1.29, 1.82) is 0 Å². The van der Waals surface area contributed by atoms with Crippen molar-refractivity contribution in [3.05, 3.63) is 89.0 Å². The van der Waals surface area contributed by atoms with Gasteiger partial charge in [-0.1, -0.05) is 70.4 Å². The Morgan fingerprint density at radius 1 is 0.591 bits per heavy atom. The summed E-state index contributed by atoms with van der Waals surface area (Å²) >= 11 is 0. The van der Waals surface area contributed by atoms with Crippen LogP contribution in [-0.2, 0) is 23.7 Å². The monoisotopic (exact) mass is 930 g/mol. The summed E-state index contributed by atoms with van der Waals surface area (Å²) in [5.74, 6) is -11.3. The van der Waals surface area contributed by atoms with Gasteiger partial charge in [-0.15, -0.1) is 0 Å². The first-order valence-corrected chi connectivity index (χ1v) is 22.4. The zero-order valence-electron chi connectivity index (χ0n) is 38.7. The quantitative estimate of drug-likeness (QED) is 0.0359. The Balaban J connectivity index is 1.89. The number of carbonyl (C=O) groups excluding carboxylic acids is 5. The Kier molecular flexibility index (Phi) is 20.5. The molecular weight excluding hydrogens is 869 g/mol. The van der Waals surface area contributed by atoms with Crippen LogP contribution in [0.4, 0.5) is 31.9 Å². The lowest BCUT2D eigenvalue weighted by Crippen LogP contribution is -2.51. The van der Waals surface area contributed by atoms with Gasteiger partial charge in [-0.25, -0.2) is 32.8 Å². The van der Waals surface area contributed by atoms with Crippen molar-refractivity contribution in [3.8, 4) is 16.9 Å². The zero-order valence-corrected chi connectivity index (χ0v) is 38.7. The van der Waals surface area contributed by atoms with Crippen LogP contribution >= 0.6 is 0 Å². The molecule has 14 nitrogen and oxygen atoms in total. The molecule has 1 aliphatic heterocycles. The minimum absolute atomic E-state index is 0.00302. The first kappa shape index (κ1) is 52.7. The second-order valence-electron chi connectivity index (χ2n) is 16.7. The van der Waals surface area contributed by atoms with Crippen LogP contribution in [-0.4, -0.2) is 128 Å². The fraction of sp³-hybridized carbons (Fsp3) is 0.521. The Morgan fingerprint density at radius 2 is 1.03 bits per heavy atom. The summed E-state index contributed by atoms with van der Waals surface area (Å²) in [5, 5.41) is 0. The highest BCUT2D eigenvalue weighted by molar-refractivity contribution is 5.93. The molecule has 0 N–H and O–H groups in total. The van der Waals surface area contributed by atoms with Gasteiger partial charge in [0.15, 0.2) is 11.6 Å². The Morgan fingerprint density at radius 3 is 1.45 bits per heavy atom. The zero-order chi connectivity index (χ0) is 48.4. The van der Waals surface area contributed by atoms with Crippen molar-refractivity contribution in [1.82, 2.24) is 19.6 Å². The molecule has 0 aromatic heterocycles. The van der Waals surface area contributed by atoms with Crippen LogP contribution in [0.25, 0.3) is 11.1 Å². The molecule has 1 heterocycles. The molecule has 362 valence electrons. The van der Waals surface area contributed by atoms with E-state index in [1.165, 1.54) is 26.8 Å². The first-order chi connectivity index (χ1) is 31.5. The highest BCUT2D eigenvalue weighted by Gasteiger charge is 2.36. The summed E-state index contributed by atoms with van der Waals surface area (Å²) in [6.07, 6.45) is 2.19. The van der Waals surface area contributed by atoms with Crippen LogP contribution in [0.1, 0.15) is 102 Å². The number of hydrogen-bond donors (Lipinski definition) is 0.